The van der Waals surface area contributed by atoms with Gasteiger partial charge in [0.2, 0.25) is 5.91 Å². The first-order valence-corrected chi connectivity index (χ1v) is 7.16. The van der Waals surface area contributed by atoms with Crippen LogP contribution in [0.1, 0.15) is 19.8 Å². The third kappa shape index (κ3) is 2.46. The standard InChI is InChI=1S/C16H19N3O/c1-2-16(20)19-10-8-12(11-19)18-15-7-9-17-14-6-4-3-5-13(14)15/h3-7,9,12H,2,8,10-11H2,1H3,(H,17,18). The Morgan fingerprint density at radius 1 is 1.40 bits per heavy atom. The maximum absolute atomic E-state index is 11.7. The second kappa shape index (κ2) is 5.49. The number of benzene rings is 1. The lowest BCUT2D eigenvalue weighted by atomic mass is 10.1. The molecule has 1 aliphatic rings. The number of hydrogen-bond acceptors (Lipinski definition) is 3. The summed E-state index contributed by atoms with van der Waals surface area (Å²) in [7, 11) is 0. The average molecular weight is 269 g/mol. The zero-order valence-corrected chi connectivity index (χ0v) is 11.7. The molecule has 0 saturated carbocycles. The van der Waals surface area contributed by atoms with Gasteiger partial charge in [0, 0.05) is 42.8 Å². The van der Waals surface area contributed by atoms with Gasteiger partial charge in [0.05, 0.1) is 5.52 Å². The van der Waals surface area contributed by atoms with E-state index in [4.69, 9.17) is 0 Å². The van der Waals surface area contributed by atoms with E-state index in [2.05, 4.69) is 16.4 Å². The molecule has 104 valence electrons. The molecule has 1 atom stereocenters. The molecule has 1 aromatic heterocycles. The van der Waals surface area contributed by atoms with Gasteiger partial charge < -0.3 is 10.2 Å². The summed E-state index contributed by atoms with van der Waals surface area (Å²) < 4.78 is 0. The van der Waals surface area contributed by atoms with Gasteiger partial charge in [-0.1, -0.05) is 25.1 Å². The number of fused-ring (bicyclic) bond motifs is 1. The Hall–Kier alpha value is -2.10. The Bertz CT molecular complexity index is 621. The zero-order chi connectivity index (χ0) is 13.9. The molecule has 1 fully saturated rings. The number of pyridine rings is 1. The number of hydrogen-bond donors (Lipinski definition) is 1. The monoisotopic (exact) mass is 269 g/mol. The van der Waals surface area contributed by atoms with Gasteiger partial charge in [-0.25, -0.2) is 0 Å². The summed E-state index contributed by atoms with van der Waals surface area (Å²) in [5, 5.41) is 4.69. The summed E-state index contributed by atoms with van der Waals surface area (Å²) in [5.41, 5.74) is 2.10. The van der Waals surface area contributed by atoms with Crippen molar-refractivity contribution < 1.29 is 4.79 Å². The van der Waals surface area contributed by atoms with E-state index >= 15 is 0 Å². The van der Waals surface area contributed by atoms with E-state index in [1.54, 1.807) is 0 Å². The number of carbonyl (C=O) groups excluding carboxylic acids is 1. The lowest BCUT2D eigenvalue weighted by Crippen LogP contribution is -2.30. The average Bonchev–Trinajstić information content (AvgIpc) is 2.95. The highest BCUT2D eigenvalue weighted by Crippen LogP contribution is 2.23. The number of nitrogens with zero attached hydrogens (tertiary/aromatic N) is 2. The quantitative estimate of drug-likeness (QED) is 0.931. The van der Waals surface area contributed by atoms with Crippen molar-refractivity contribution in [1.29, 1.82) is 0 Å². The summed E-state index contributed by atoms with van der Waals surface area (Å²) in [4.78, 5) is 18.0. The van der Waals surface area contributed by atoms with Crippen LogP contribution in [0.4, 0.5) is 5.69 Å². The van der Waals surface area contributed by atoms with Crippen molar-refractivity contribution in [2.24, 2.45) is 0 Å². The van der Waals surface area contributed by atoms with Crippen molar-refractivity contribution in [2.45, 2.75) is 25.8 Å². The first kappa shape index (κ1) is 12.9. The highest BCUT2D eigenvalue weighted by atomic mass is 16.2. The van der Waals surface area contributed by atoms with Crippen LogP contribution in [0.5, 0.6) is 0 Å². The normalized spacial score (nSPS) is 18.4. The predicted octanol–water partition coefficient (Wildman–Crippen LogP) is 2.66. The van der Waals surface area contributed by atoms with E-state index in [1.165, 1.54) is 0 Å². The first-order chi connectivity index (χ1) is 9.78. The minimum Gasteiger partial charge on any atom is -0.380 e. The van der Waals surface area contributed by atoms with Crippen LogP contribution in [0.3, 0.4) is 0 Å². The molecule has 1 unspecified atom stereocenters. The molecule has 1 aliphatic heterocycles. The molecular formula is C16H19N3O. The minimum absolute atomic E-state index is 0.244. The van der Waals surface area contributed by atoms with E-state index in [-0.39, 0.29) is 5.91 Å². The lowest BCUT2D eigenvalue weighted by molar-refractivity contribution is -0.129. The van der Waals surface area contributed by atoms with Crippen LogP contribution in [0, 0.1) is 0 Å². The first-order valence-electron chi connectivity index (χ1n) is 7.16. The molecule has 2 heterocycles. The molecule has 0 spiro atoms. The molecule has 1 saturated heterocycles. The van der Waals surface area contributed by atoms with Crippen molar-refractivity contribution in [3.8, 4) is 0 Å². The maximum Gasteiger partial charge on any atom is 0.222 e. The molecule has 4 heteroatoms. The highest BCUT2D eigenvalue weighted by molar-refractivity contribution is 5.91. The summed E-state index contributed by atoms with van der Waals surface area (Å²) >= 11 is 0. The van der Waals surface area contributed by atoms with Gasteiger partial charge >= 0.3 is 0 Å². The third-order valence-electron chi connectivity index (χ3n) is 3.85. The number of carbonyl (C=O) groups is 1. The molecular weight excluding hydrogens is 250 g/mol. The Morgan fingerprint density at radius 2 is 2.25 bits per heavy atom. The Balaban J connectivity index is 1.76. The molecule has 2 aromatic rings. The van der Waals surface area contributed by atoms with E-state index in [1.807, 2.05) is 42.3 Å². The fraction of sp³-hybridized carbons (Fsp3) is 0.375. The summed E-state index contributed by atoms with van der Waals surface area (Å²) in [5.74, 6) is 0.244. The van der Waals surface area contributed by atoms with Gasteiger partial charge in [0.15, 0.2) is 0 Å². The van der Waals surface area contributed by atoms with Gasteiger partial charge in [0.1, 0.15) is 0 Å². The highest BCUT2D eigenvalue weighted by Gasteiger charge is 2.25. The van der Waals surface area contributed by atoms with Gasteiger partial charge in [0.25, 0.3) is 0 Å². The van der Waals surface area contributed by atoms with Crippen LogP contribution in [-0.2, 0) is 4.79 Å². The number of aromatic nitrogens is 1. The fourth-order valence-corrected chi connectivity index (χ4v) is 2.77. The molecule has 0 radical (unpaired) electrons. The topological polar surface area (TPSA) is 45.2 Å². The van der Waals surface area contributed by atoms with Crippen LogP contribution in [0.2, 0.25) is 0 Å². The van der Waals surface area contributed by atoms with Crippen LogP contribution in [0.25, 0.3) is 10.9 Å². The second-order valence-corrected chi connectivity index (χ2v) is 5.20. The van der Waals surface area contributed by atoms with Crippen LogP contribution in [-0.4, -0.2) is 34.9 Å². The van der Waals surface area contributed by atoms with E-state index in [0.29, 0.717) is 12.5 Å². The van der Waals surface area contributed by atoms with Crippen LogP contribution >= 0.6 is 0 Å². The predicted molar refractivity (Wildman–Crippen MR) is 80.6 cm³/mol. The summed E-state index contributed by atoms with van der Waals surface area (Å²) in [6.07, 6.45) is 3.42. The van der Waals surface area contributed by atoms with E-state index < -0.39 is 0 Å². The van der Waals surface area contributed by atoms with Crippen LogP contribution in [0.15, 0.2) is 36.5 Å². The molecule has 0 bridgehead atoms. The zero-order valence-electron chi connectivity index (χ0n) is 11.7. The minimum atomic E-state index is 0.244. The molecule has 4 nitrogen and oxygen atoms in total. The molecule has 3 rings (SSSR count). The van der Waals surface area contributed by atoms with Crippen LogP contribution < -0.4 is 5.32 Å². The fourth-order valence-electron chi connectivity index (χ4n) is 2.77. The maximum atomic E-state index is 11.7. The number of nitrogens with one attached hydrogen (secondary N) is 1. The molecule has 0 aliphatic carbocycles. The van der Waals surface area contributed by atoms with Crippen molar-refractivity contribution >= 4 is 22.5 Å². The smallest absolute Gasteiger partial charge is 0.222 e. The lowest BCUT2D eigenvalue weighted by Gasteiger charge is -2.17. The van der Waals surface area contributed by atoms with Gasteiger partial charge in [-0.05, 0) is 18.6 Å². The van der Waals surface area contributed by atoms with Crippen molar-refractivity contribution in [2.75, 3.05) is 18.4 Å². The molecule has 20 heavy (non-hydrogen) atoms. The Kier molecular flexibility index (Phi) is 3.54. The number of amides is 1. The number of anilines is 1. The summed E-state index contributed by atoms with van der Waals surface area (Å²) in [6.45, 7) is 3.57. The molecule has 1 amide bonds. The van der Waals surface area contributed by atoms with Crippen molar-refractivity contribution in [1.82, 2.24) is 9.88 Å². The number of para-hydroxylation sites is 1. The molecule has 1 aromatic carbocycles. The van der Waals surface area contributed by atoms with E-state index in [9.17, 15) is 4.79 Å². The van der Waals surface area contributed by atoms with Crippen molar-refractivity contribution in [3.63, 3.8) is 0 Å². The van der Waals surface area contributed by atoms with Gasteiger partial charge in [-0.2, -0.15) is 0 Å². The number of rotatable bonds is 3. The third-order valence-corrected chi connectivity index (χ3v) is 3.85. The van der Waals surface area contributed by atoms with E-state index in [0.717, 1.165) is 36.1 Å². The van der Waals surface area contributed by atoms with Gasteiger partial charge in [-0.3, -0.25) is 9.78 Å². The largest absolute Gasteiger partial charge is 0.380 e. The second-order valence-electron chi connectivity index (χ2n) is 5.20. The van der Waals surface area contributed by atoms with Crippen molar-refractivity contribution in [3.05, 3.63) is 36.5 Å². The van der Waals surface area contributed by atoms with Gasteiger partial charge in [-0.15, -0.1) is 0 Å². The Labute approximate surface area is 118 Å². The number of likely N-dealkylation sites (tertiary alicyclic amines) is 1. The SMILES string of the molecule is CCC(=O)N1CCC(Nc2ccnc3ccccc23)C1. The molecule has 1 N–H and O–H groups in total. The Morgan fingerprint density at radius 3 is 3.10 bits per heavy atom. The summed E-state index contributed by atoms with van der Waals surface area (Å²) in [6, 6.07) is 10.5.